The van der Waals surface area contributed by atoms with Gasteiger partial charge in [0, 0.05) is 17.3 Å². The summed E-state index contributed by atoms with van der Waals surface area (Å²) in [4.78, 5) is 6.80. The molecule has 0 saturated carbocycles. The van der Waals surface area contributed by atoms with E-state index in [1.165, 1.54) is 6.07 Å². The Morgan fingerprint density at radius 1 is 1.00 bits per heavy atom. The molecule has 2 aromatic carbocycles. The summed E-state index contributed by atoms with van der Waals surface area (Å²) in [6.45, 7) is 3.12. The molecule has 4 rings (SSSR count). The smallest absolute Gasteiger partial charge is 0.263 e. The third-order valence-corrected chi connectivity index (χ3v) is 8.40. The summed E-state index contributed by atoms with van der Waals surface area (Å²) < 4.78 is 41.2. The lowest BCUT2D eigenvalue weighted by Crippen LogP contribution is -2.19. The van der Waals surface area contributed by atoms with Gasteiger partial charge in [-0.1, -0.05) is 35.3 Å². The molecule has 0 radical (unpaired) electrons. The zero-order chi connectivity index (χ0) is 26.6. The highest BCUT2D eigenvalue weighted by atomic mass is 35.5. The Morgan fingerprint density at radius 3 is 2.57 bits per heavy atom. The average molecular weight is 565 g/mol. The topological polar surface area (TPSA) is 80.8 Å². The highest BCUT2D eigenvalue weighted by molar-refractivity contribution is 7.92. The van der Waals surface area contributed by atoms with E-state index in [1.54, 1.807) is 25.1 Å². The summed E-state index contributed by atoms with van der Waals surface area (Å²) in [6.07, 6.45) is 3.75. The van der Waals surface area contributed by atoms with Crippen LogP contribution in [-0.4, -0.2) is 45.5 Å². The Balaban J connectivity index is 1.60. The fraction of sp³-hybridized carbons (Fsp3) is 0.370. The molecule has 1 aliphatic carbocycles. The van der Waals surface area contributed by atoms with E-state index in [4.69, 9.17) is 32.7 Å². The minimum Gasteiger partial charge on any atom is -0.491 e. The molecule has 0 bridgehead atoms. The van der Waals surface area contributed by atoms with Gasteiger partial charge in [-0.15, -0.1) is 0 Å². The Bertz CT molecular complexity index is 1380. The van der Waals surface area contributed by atoms with Crippen LogP contribution in [-0.2, 0) is 29.5 Å². The van der Waals surface area contributed by atoms with E-state index < -0.39 is 10.0 Å². The number of anilines is 1. The van der Waals surface area contributed by atoms with Crippen molar-refractivity contribution in [3.63, 3.8) is 0 Å². The third-order valence-electron chi connectivity index (χ3n) is 6.19. The van der Waals surface area contributed by atoms with Crippen LogP contribution >= 0.6 is 23.2 Å². The van der Waals surface area contributed by atoms with Crippen molar-refractivity contribution in [1.82, 2.24) is 9.88 Å². The predicted octanol–water partition coefficient (Wildman–Crippen LogP) is 5.90. The number of sulfonamides is 1. The van der Waals surface area contributed by atoms with Gasteiger partial charge in [0.25, 0.3) is 10.0 Å². The van der Waals surface area contributed by atoms with Gasteiger partial charge >= 0.3 is 0 Å². The number of benzene rings is 2. The van der Waals surface area contributed by atoms with Crippen molar-refractivity contribution in [3.8, 4) is 11.5 Å². The van der Waals surface area contributed by atoms with E-state index in [2.05, 4.69) is 9.71 Å². The number of likely N-dealkylation sites (N-methyl/N-ethyl adjacent to an activating group) is 1. The van der Waals surface area contributed by atoms with Crippen molar-refractivity contribution < 1.29 is 17.9 Å². The van der Waals surface area contributed by atoms with Crippen LogP contribution in [0.25, 0.3) is 0 Å². The molecule has 1 aromatic heterocycles. The number of halogens is 2. The average Bonchev–Trinajstić information content (AvgIpc) is 2.85. The lowest BCUT2D eigenvalue weighted by molar-refractivity contribution is 0.260. The number of hydrogen-bond acceptors (Lipinski definition) is 6. The number of hydrogen-bond donors (Lipinski definition) is 1. The number of rotatable bonds is 10. The molecule has 1 aliphatic rings. The first-order valence-corrected chi connectivity index (χ1v) is 14.4. The molecule has 3 aromatic rings. The summed E-state index contributed by atoms with van der Waals surface area (Å²) in [5, 5.41) is 0.896. The molecule has 0 atom stereocenters. The third kappa shape index (κ3) is 6.87. The van der Waals surface area contributed by atoms with Gasteiger partial charge in [-0.3, -0.25) is 4.72 Å². The molecule has 1 N–H and O–H groups in total. The zero-order valence-electron chi connectivity index (χ0n) is 21.2. The maximum atomic E-state index is 13.3. The van der Waals surface area contributed by atoms with Gasteiger partial charge in [-0.05, 0) is 93.7 Å². The number of ether oxygens (including phenoxy) is 2. The summed E-state index contributed by atoms with van der Waals surface area (Å²) in [5.74, 6) is 1.11. The van der Waals surface area contributed by atoms with E-state index in [0.717, 1.165) is 49.0 Å². The second-order valence-electron chi connectivity index (χ2n) is 9.32. The lowest BCUT2D eigenvalue weighted by atomic mass is 9.96. The first-order chi connectivity index (χ1) is 17.6. The van der Waals surface area contributed by atoms with Gasteiger partial charge in [0.05, 0.1) is 9.92 Å². The van der Waals surface area contributed by atoms with E-state index in [-0.39, 0.29) is 17.3 Å². The molecule has 7 nitrogen and oxygen atoms in total. The van der Waals surface area contributed by atoms with Crippen molar-refractivity contribution in [2.45, 2.75) is 44.1 Å². The number of aryl methyl sites for hydroxylation is 2. The van der Waals surface area contributed by atoms with Gasteiger partial charge in [-0.25, -0.2) is 13.4 Å². The van der Waals surface area contributed by atoms with Crippen LogP contribution in [0.4, 0.5) is 5.82 Å². The van der Waals surface area contributed by atoms with E-state index in [9.17, 15) is 8.42 Å². The maximum Gasteiger partial charge on any atom is 0.263 e. The zero-order valence-corrected chi connectivity index (χ0v) is 23.5. The normalized spacial score (nSPS) is 13.4. The first-order valence-electron chi connectivity index (χ1n) is 12.1. The molecule has 1 heterocycles. The van der Waals surface area contributed by atoms with Crippen LogP contribution in [0, 0.1) is 6.92 Å². The summed E-state index contributed by atoms with van der Waals surface area (Å²) >= 11 is 12.5. The Kier molecular flexibility index (Phi) is 8.85. The Morgan fingerprint density at radius 2 is 1.78 bits per heavy atom. The highest BCUT2D eigenvalue weighted by Gasteiger charge is 2.23. The van der Waals surface area contributed by atoms with Crippen molar-refractivity contribution in [2.75, 3.05) is 32.0 Å². The van der Waals surface area contributed by atoms with Crippen LogP contribution < -0.4 is 14.2 Å². The monoisotopic (exact) mass is 563 g/mol. The molecular weight excluding hydrogens is 533 g/mol. The Hall–Kier alpha value is -2.52. The SMILES string of the molecule is Cc1c(Cl)cccc1S(=O)(=O)Nc1nc2c(cc1OCc1ccc(Cl)c(OCCN(C)C)c1)CCCC2. The second kappa shape index (κ2) is 11.9. The van der Waals surface area contributed by atoms with Crippen LogP contribution in [0.3, 0.4) is 0 Å². The number of aromatic nitrogens is 1. The van der Waals surface area contributed by atoms with E-state index >= 15 is 0 Å². The van der Waals surface area contributed by atoms with Crippen LogP contribution in [0.5, 0.6) is 11.5 Å². The number of fused-ring (bicyclic) bond motifs is 1. The fourth-order valence-electron chi connectivity index (χ4n) is 4.10. The Labute approximate surface area is 228 Å². The summed E-state index contributed by atoms with van der Waals surface area (Å²) in [6, 6.07) is 12.1. The molecule has 0 fully saturated rings. The molecule has 0 aliphatic heterocycles. The molecule has 0 amide bonds. The van der Waals surface area contributed by atoms with Crippen molar-refractivity contribution in [2.24, 2.45) is 0 Å². The molecule has 10 heteroatoms. The lowest BCUT2D eigenvalue weighted by Gasteiger charge is -2.20. The molecule has 198 valence electrons. The van der Waals surface area contributed by atoms with Crippen molar-refractivity contribution >= 4 is 39.0 Å². The van der Waals surface area contributed by atoms with Gasteiger partial charge in [0.15, 0.2) is 11.6 Å². The van der Waals surface area contributed by atoms with E-state index in [0.29, 0.717) is 33.7 Å². The van der Waals surface area contributed by atoms with Crippen molar-refractivity contribution in [3.05, 3.63) is 74.9 Å². The standard InChI is InChI=1S/C27H31Cl2N3O4S/c1-18-21(28)8-6-10-26(18)37(33,34)31-27-25(16-20-7-4-5-9-23(20)30-27)36-17-19-11-12-22(29)24(15-19)35-14-13-32(2)3/h6,8,10-12,15-16H,4-5,7,9,13-14,17H2,1-3H3,(H,30,31). The molecule has 0 spiro atoms. The first kappa shape index (κ1) is 27.5. The summed E-state index contributed by atoms with van der Waals surface area (Å²) in [7, 11) is 0.000612. The molecule has 0 unspecified atom stereocenters. The van der Waals surface area contributed by atoms with Gasteiger partial charge in [0.2, 0.25) is 0 Å². The van der Waals surface area contributed by atoms with Crippen LogP contribution in [0.15, 0.2) is 47.4 Å². The minimum atomic E-state index is -3.95. The molecule has 37 heavy (non-hydrogen) atoms. The highest BCUT2D eigenvalue weighted by Crippen LogP contribution is 2.33. The largest absolute Gasteiger partial charge is 0.491 e. The quantitative estimate of drug-likeness (QED) is 0.331. The van der Waals surface area contributed by atoms with Crippen LogP contribution in [0.2, 0.25) is 10.0 Å². The van der Waals surface area contributed by atoms with Crippen LogP contribution in [0.1, 0.15) is 35.2 Å². The number of nitrogens with one attached hydrogen (secondary N) is 1. The molecular formula is C27H31Cl2N3O4S. The van der Waals surface area contributed by atoms with Crippen molar-refractivity contribution in [1.29, 1.82) is 0 Å². The predicted molar refractivity (Wildman–Crippen MR) is 148 cm³/mol. The minimum absolute atomic E-state index is 0.0997. The summed E-state index contributed by atoms with van der Waals surface area (Å²) in [5.41, 5.74) is 3.27. The van der Waals surface area contributed by atoms with Gasteiger partial charge in [-0.2, -0.15) is 0 Å². The molecule has 0 saturated heterocycles. The van der Waals surface area contributed by atoms with Gasteiger partial charge in [0.1, 0.15) is 19.0 Å². The second-order valence-corrected chi connectivity index (χ2v) is 11.8. The fourth-order valence-corrected chi connectivity index (χ4v) is 5.79. The number of pyridine rings is 1. The maximum absolute atomic E-state index is 13.3. The number of nitrogens with zero attached hydrogens (tertiary/aromatic N) is 2. The van der Waals surface area contributed by atoms with Gasteiger partial charge < -0.3 is 14.4 Å². The van der Waals surface area contributed by atoms with E-state index in [1.807, 2.05) is 37.2 Å².